The number of halogens is 1. The Bertz CT molecular complexity index is 1310. The van der Waals surface area contributed by atoms with Crippen LogP contribution < -0.4 is 9.46 Å². The van der Waals surface area contributed by atoms with Gasteiger partial charge >= 0.3 is 0 Å². The lowest BCUT2D eigenvalue weighted by Crippen LogP contribution is -2.14. The van der Waals surface area contributed by atoms with Gasteiger partial charge in [0.1, 0.15) is 10.6 Å². The molecule has 29 heavy (non-hydrogen) atoms. The van der Waals surface area contributed by atoms with E-state index in [1.165, 1.54) is 0 Å². The molecule has 4 rings (SSSR count). The Morgan fingerprint density at radius 1 is 0.966 bits per heavy atom. The van der Waals surface area contributed by atoms with Gasteiger partial charge in [-0.05, 0) is 56.3 Å². The van der Waals surface area contributed by atoms with Crippen molar-refractivity contribution in [2.75, 3.05) is 11.3 Å². The number of ether oxygens (including phenoxy) is 1. The van der Waals surface area contributed by atoms with Gasteiger partial charge in [-0.2, -0.15) is 0 Å². The molecule has 0 aliphatic heterocycles. The van der Waals surface area contributed by atoms with Crippen molar-refractivity contribution >= 4 is 53.4 Å². The molecule has 0 amide bonds. The van der Waals surface area contributed by atoms with Crippen LogP contribution in [0.15, 0.2) is 70.0 Å². The molecule has 150 valence electrons. The standard InChI is InChI=1S/C22H21BrN2O3S/c1-3-25-19-8-6-5-7-17(19)18-14-16(10-11-20(18)25)24-29(26,27)22-13-15(23)9-12-21(22)28-4-2/h5-14,24H,3-4H2,1-2H3. The predicted molar refractivity (Wildman–Crippen MR) is 121 cm³/mol. The Balaban J connectivity index is 1.80. The average molecular weight is 473 g/mol. The van der Waals surface area contributed by atoms with Gasteiger partial charge in [0.15, 0.2) is 0 Å². The monoisotopic (exact) mass is 472 g/mol. The average Bonchev–Trinajstić information content (AvgIpc) is 3.02. The molecular weight excluding hydrogens is 452 g/mol. The van der Waals surface area contributed by atoms with Crippen molar-refractivity contribution in [3.05, 3.63) is 65.1 Å². The molecular formula is C22H21BrN2O3S. The lowest BCUT2D eigenvalue weighted by atomic mass is 10.1. The molecule has 0 radical (unpaired) electrons. The van der Waals surface area contributed by atoms with Crippen molar-refractivity contribution < 1.29 is 13.2 Å². The molecule has 7 heteroatoms. The topological polar surface area (TPSA) is 60.3 Å². The number of nitrogens with one attached hydrogen (secondary N) is 1. The highest BCUT2D eigenvalue weighted by atomic mass is 79.9. The third-order valence-electron chi connectivity index (χ3n) is 4.84. The van der Waals surface area contributed by atoms with Gasteiger partial charge in [-0.25, -0.2) is 8.42 Å². The summed E-state index contributed by atoms with van der Waals surface area (Å²) in [6.07, 6.45) is 0. The summed E-state index contributed by atoms with van der Waals surface area (Å²) in [6.45, 7) is 5.14. The first-order chi connectivity index (χ1) is 13.9. The second kappa shape index (κ2) is 7.72. The molecule has 0 aliphatic rings. The number of nitrogens with zero attached hydrogens (tertiary/aromatic N) is 1. The van der Waals surface area contributed by atoms with Crippen molar-refractivity contribution in [3.8, 4) is 5.75 Å². The number of anilines is 1. The van der Waals surface area contributed by atoms with E-state index in [-0.39, 0.29) is 4.90 Å². The van der Waals surface area contributed by atoms with E-state index in [0.717, 1.165) is 28.4 Å². The fraction of sp³-hybridized carbons (Fsp3) is 0.182. The van der Waals surface area contributed by atoms with Crippen LogP contribution in [-0.4, -0.2) is 19.6 Å². The third kappa shape index (κ3) is 3.60. The molecule has 0 saturated carbocycles. The quantitative estimate of drug-likeness (QED) is 0.387. The Kier molecular flexibility index (Phi) is 5.27. The Labute approximate surface area is 178 Å². The van der Waals surface area contributed by atoms with Crippen molar-refractivity contribution in [1.29, 1.82) is 0 Å². The zero-order chi connectivity index (χ0) is 20.6. The van der Waals surface area contributed by atoms with E-state index >= 15 is 0 Å². The van der Waals surface area contributed by atoms with Gasteiger partial charge in [0, 0.05) is 38.5 Å². The molecule has 0 fully saturated rings. The van der Waals surface area contributed by atoms with Crippen LogP contribution in [0.5, 0.6) is 5.75 Å². The molecule has 0 unspecified atom stereocenters. The Morgan fingerprint density at radius 3 is 2.48 bits per heavy atom. The maximum absolute atomic E-state index is 13.1. The number of benzene rings is 3. The summed E-state index contributed by atoms with van der Waals surface area (Å²) in [5.41, 5.74) is 2.73. The largest absolute Gasteiger partial charge is 0.492 e. The van der Waals surface area contributed by atoms with Crippen molar-refractivity contribution in [1.82, 2.24) is 4.57 Å². The highest BCUT2D eigenvalue weighted by Crippen LogP contribution is 2.33. The molecule has 3 aromatic carbocycles. The van der Waals surface area contributed by atoms with Crippen LogP contribution in [0.1, 0.15) is 13.8 Å². The SMILES string of the molecule is CCOc1ccc(Br)cc1S(=O)(=O)Nc1ccc2c(c1)c1ccccc1n2CC. The minimum atomic E-state index is -3.82. The minimum Gasteiger partial charge on any atom is -0.492 e. The lowest BCUT2D eigenvalue weighted by Gasteiger charge is -2.13. The normalized spacial score (nSPS) is 11.8. The second-order valence-corrected chi connectivity index (χ2v) is 9.19. The first kappa shape index (κ1) is 19.8. The van der Waals surface area contributed by atoms with Gasteiger partial charge in [-0.1, -0.05) is 34.1 Å². The van der Waals surface area contributed by atoms with Crippen LogP contribution in [0.3, 0.4) is 0 Å². The van der Waals surface area contributed by atoms with Crippen molar-refractivity contribution in [2.24, 2.45) is 0 Å². The maximum atomic E-state index is 13.1. The fourth-order valence-corrected chi connectivity index (χ4v) is 5.37. The number of para-hydroxylation sites is 1. The number of sulfonamides is 1. The lowest BCUT2D eigenvalue weighted by molar-refractivity contribution is 0.331. The van der Waals surface area contributed by atoms with Gasteiger partial charge in [-0.15, -0.1) is 0 Å². The molecule has 1 heterocycles. The maximum Gasteiger partial charge on any atom is 0.265 e. The van der Waals surface area contributed by atoms with Crippen LogP contribution in [0.25, 0.3) is 21.8 Å². The number of fused-ring (bicyclic) bond motifs is 3. The summed E-state index contributed by atoms with van der Waals surface area (Å²) >= 11 is 3.35. The zero-order valence-corrected chi connectivity index (χ0v) is 18.5. The molecule has 4 aromatic rings. The second-order valence-electron chi connectivity index (χ2n) is 6.62. The van der Waals surface area contributed by atoms with Crippen molar-refractivity contribution in [2.45, 2.75) is 25.3 Å². The summed E-state index contributed by atoms with van der Waals surface area (Å²) < 4.78 is 37.3. The highest BCUT2D eigenvalue weighted by Gasteiger charge is 2.21. The van der Waals surface area contributed by atoms with Crippen LogP contribution in [0.4, 0.5) is 5.69 Å². The Morgan fingerprint density at radius 2 is 1.72 bits per heavy atom. The van der Waals surface area contributed by atoms with E-state index in [9.17, 15) is 8.42 Å². The van der Waals surface area contributed by atoms with E-state index in [1.54, 1.807) is 24.3 Å². The number of aryl methyl sites for hydroxylation is 1. The van der Waals surface area contributed by atoms with E-state index in [2.05, 4.69) is 44.3 Å². The van der Waals surface area contributed by atoms with Crippen molar-refractivity contribution in [3.63, 3.8) is 0 Å². The summed E-state index contributed by atoms with van der Waals surface area (Å²) in [7, 11) is -3.82. The Hall–Kier alpha value is -2.51. The van der Waals surface area contributed by atoms with Gasteiger partial charge in [0.25, 0.3) is 10.0 Å². The molecule has 1 N–H and O–H groups in total. The number of hydrogen-bond donors (Lipinski definition) is 1. The molecule has 1 aromatic heterocycles. The molecule has 0 saturated heterocycles. The molecule has 0 aliphatic carbocycles. The summed E-state index contributed by atoms with van der Waals surface area (Å²) in [4.78, 5) is 0.102. The van der Waals surface area contributed by atoms with E-state index < -0.39 is 10.0 Å². The van der Waals surface area contributed by atoms with Gasteiger partial charge in [0.05, 0.1) is 6.61 Å². The van der Waals surface area contributed by atoms with Crippen LogP contribution in [-0.2, 0) is 16.6 Å². The molecule has 0 bridgehead atoms. The van der Waals surface area contributed by atoms with Crippen LogP contribution in [0, 0.1) is 0 Å². The predicted octanol–water partition coefficient (Wildman–Crippen LogP) is 5.78. The zero-order valence-electron chi connectivity index (χ0n) is 16.1. The summed E-state index contributed by atoms with van der Waals surface area (Å²) in [5, 5.41) is 2.12. The van der Waals surface area contributed by atoms with Gasteiger partial charge < -0.3 is 9.30 Å². The van der Waals surface area contributed by atoms with Gasteiger partial charge in [-0.3, -0.25) is 4.72 Å². The first-order valence-electron chi connectivity index (χ1n) is 9.40. The number of aromatic nitrogens is 1. The highest BCUT2D eigenvalue weighted by molar-refractivity contribution is 9.10. The molecule has 5 nitrogen and oxygen atoms in total. The minimum absolute atomic E-state index is 0.102. The smallest absolute Gasteiger partial charge is 0.265 e. The third-order valence-corrected chi connectivity index (χ3v) is 6.73. The van der Waals surface area contributed by atoms with E-state index in [4.69, 9.17) is 4.74 Å². The summed E-state index contributed by atoms with van der Waals surface area (Å²) in [5.74, 6) is 0.326. The number of rotatable bonds is 6. The van der Waals surface area contributed by atoms with E-state index in [0.29, 0.717) is 22.5 Å². The van der Waals surface area contributed by atoms with Gasteiger partial charge in [0.2, 0.25) is 0 Å². The molecule has 0 atom stereocenters. The fourth-order valence-electron chi connectivity index (χ4n) is 3.63. The first-order valence-corrected chi connectivity index (χ1v) is 11.7. The van der Waals surface area contributed by atoms with E-state index in [1.807, 2.05) is 31.2 Å². The molecule has 0 spiro atoms. The number of hydrogen-bond acceptors (Lipinski definition) is 3. The van der Waals surface area contributed by atoms with Crippen LogP contribution >= 0.6 is 15.9 Å². The van der Waals surface area contributed by atoms with Crippen LogP contribution in [0.2, 0.25) is 0 Å². The summed E-state index contributed by atoms with van der Waals surface area (Å²) in [6, 6.07) is 18.8.